The lowest BCUT2D eigenvalue weighted by Gasteiger charge is -2.31. The van der Waals surface area contributed by atoms with Crippen LogP contribution in [0.25, 0.3) is 0 Å². The summed E-state index contributed by atoms with van der Waals surface area (Å²) in [5.41, 5.74) is -0.269. The van der Waals surface area contributed by atoms with Gasteiger partial charge in [0.25, 0.3) is 5.69 Å². The largest absolute Gasteiger partial charge is 0.320 e. The molecule has 0 spiro atoms. The Morgan fingerprint density at radius 3 is 2.76 bits per heavy atom. The molecule has 2 aromatic rings. The van der Waals surface area contributed by atoms with Gasteiger partial charge in [0, 0.05) is 42.7 Å². The quantitative estimate of drug-likeness (QED) is 0.542. The molecule has 0 N–H and O–H groups in total. The summed E-state index contributed by atoms with van der Waals surface area (Å²) in [5, 5.41) is 18.9. The molecule has 0 radical (unpaired) electrons. The summed E-state index contributed by atoms with van der Waals surface area (Å²) < 4.78 is 29.4. The van der Waals surface area contributed by atoms with Crippen molar-refractivity contribution in [3.8, 4) is 0 Å². The minimum atomic E-state index is -3.84. The molecule has 9 nitrogen and oxygen atoms in total. The van der Waals surface area contributed by atoms with Crippen molar-refractivity contribution in [2.45, 2.75) is 23.7 Å². The van der Waals surface area contributed by atoms with Crippen LogP contribution in [0.2, 0.25) is 0 Å². The molecule has 134 valence electrons. The van der Waals surface area contributed by atoms with Gasteiger partial charge in [-0.15, -0.1) is 10.2 Å². The number of benzene rings is 1. The third-order valence-corrected chi connectivity index (χ3v) is 6.50. The number of halogens is 1. The van der Waals surface area contributed by atoms with E-state index >= 15 is 0 Å². The molecule has 1 saturated heterocycles. The highest BCUT2D eigenvalue weighted by atomic mass is 79.9. The SMILES string of the molecule is Cn1cnnc1C1CCCN(S(=O)(=O)c2cc(Br)cc([N+](=O)[O-])c2)C1. The Kier molecular flexibility index (Phi) is 4.89. The monoisotopic (exact) mass is 429 g/mol. The number of aromatic nitrogens is 3. The Morgan fingerprint density at radius 1 is 1.36 bits per heavy atom. The van der Waals surface area contributed by atoms with Gasteiger partial charge in [-0.05, 0) is 18.9 Å². The molecule has 25 heavy (non-hydrogen) atoms. The van der Waals surface area contributed by atoms with Gasteiger partial charge >= 0.3 is 0 Å². The zero-order valence-electron chi connectivity index (χ0n) is 13.4. The van der Waals surface area contributed by atoms with E-state index in [0.29, 0.717) is 17.4 Å². The Hall–Kier alpha value is -1.85. The number of nitro benzene ring substituents is 1. The number of hydrogen-bond donors (Lipinski definition) is 0. The van der Waals surface area contributed by atoms with Crippen molar-refractivity contribution in [2.24, 2.45) is 7.05 Å². The number of non-ortho nitro benzene ring substituents is 1. The molecule has 0 aliphatic carbocycles. The van der Waals surface area contributed by atoms with E-state index in [1.54, 1.807) is 10.9 Å². The molecule has 1 fully saturated rings. The second-order valence-electron chi connectivity index (χ2n) is 5.90. The van der Waals surface area contributed by atoms with E-state index in [-0.39, 0.29) is 23.0 Å². The fourth-order valence-electron chi connectivity index (χ4n) is 2.98. The molecule has 1 unspecified atom stereocenters. The number of aryl methyl sites for hydroxylation is 1. The van der Waals surface area contributed by atoms with Crippen LogP contribution in [0, 0.1) is 10.1 Å². The summed E-state index contributed by atoms with van der Waals surface area (Å²) in [6, 6.07) is 3.75. The first-order valence-corrected chi connectivity index (χ1v) is 9.81. The zero-order chi connectivity index (χ0) is 18.2. The Bertz CT molecular complexity index is 914. The lowest BCUT2D eigenvalue weighted by Crippen LogP contribution is -2.39. The molecular weight excluding hydrogens is 414 g/mol. The topological polar surface area (TPSA) is 111 Å². The predicted molar refractivity (Wildman–Crippen MR) is 92.5 cm³/mol. The first-order chi connectivity index (χ1) is 11.8. The zero-order valence-corrected chi connectivity index (χ0v) is 15.8. The highest BCUT2D eigenvalue weighted by Gasteiger charge is 2.33. The summed E-state index contributed by atoms with van der Waals surface area (Å²) in [7, 11) is -2.02. The maximum atomic E-state index is 13.0. The van der Waals surface area contributed by atoms with E-state index in [1.165, 1.54) is 16.4 Å². The lowest BCUT2D eigenvalue weighted by molar-refractivity contribution is -0.385. The van der Waals surface area contributed by atoms with E-state index in [0.717, 1.165) is 18.3 Å². The van der Waals surface area contributed by atoms with Crippen LogP contribution < -0.4 is 0 Å². The minimum absolute atomic E-state index is 0.0573. The fourth-order valence-corrected chi connectivity index (χ4v) is 5.21. The highest BCUT2D eigenvalue weighted by molar-refractivity contribution is 9.10. The molecule has 1 aromatic heterocycles. The summed E-state index contributed by atoms with van der Waals surface area (Å²) in [6.07, 6.45) is 3.09. The lowest BCUT2D eigenvalue weighted by atomic mass is 9.99. The van der Waals surface area contributed by atoms with Crippen LogP contribution in [0.5, 0.6) is 0 Å². The summed E-state index contributed by atoms with van der Waals surface area (Å²) in [6.45, 7) is 0.645. The van der Waals surface area contributed by atoms with E-state index in [2.05, 4.69) is 26.1 Å². The maximum absolute atomic E-state index is 13.0. The van der Waals surface area contributed by atoms with E-state index < -0.39 is 14.9 Å². The van der Waals surface area contributed by atoms with Crippen molar-refractivity contribution < 1.29 is 13.3 Å². The number of nitro groups is 1. The molecule has 11 heteroatoms. The third kappa shape index (κ3) is 3.58. The molecule has 3 rings (SSSR count). The Balaban J connectivity index is 1.92. The van der Waals surface area contributed by atoms with Crippen LogP contribution in [-0.2, 0) is 17.1 Å². The number of piperidine rings is 1. The summed E-state index contributed by atoms with van der Waals surface area (Å²) >= 11 is 3.14. The van der Waals surface area contributed by atoms with Gasteiger partial charge in [0.05, 0.1) is 9.82 Å². The van der Waals surface area contributed by atoms with Crippen LogP contribution in [0.15, 0.2) is 33.9 Å². The van der Waals surface area contributed by atoms with Crippen LogP contribution in [-0.4, -0.2) is 45.5 Å². The molecule has 2 heterocycles. The summed E-state index contributed by atoms with van der Waals surface area (Å²) in [4.78, 5) is 10.3. The minimum Gasteiger partial charge on any atom is -0.320 e. The number of hydrogen-bond acceptors (Lipinski definition) is 6. The average Bonchev–Trinajstić information content (AvgIpc) is 3.00. The molecule has 1 aliphatic rings. The van der Waals surface area contributed by atoms with E-state index in [4.69, 9.17) is 0 Å². The van der Waals surface area contributed by atoms with Crippen molar-refractivity contribution in [2.75, 3.05) is 13.1 Å². The molecule has 0 amide bonds. The normalized spacial score (nSPS) is 19.0. The van der Waals surface area contributed by atoms with Gasteiger partial charge < -0.3 is 4.57 Å². The molecule has 0 saturated carbocycles. The number of nitrogens with zero attached hydrogens (tertiary/aromatic N) is 5. The van der Waals surface area contributed by atoms with Crippen LogP contribution in [0.4, 0.5) is 5.69 Å². The van der Waals surface area contributed by atoms with Gasteiger partial charge in [0.2, 0.25) is 10.0 Å². The first-order valence-electron chi connectivity index (χ1n) is 7.58. The van der Waals surface area contributed by atoms with Crippen molar-refractivity contribution >= 4 is 31.6 Å². The maximum Gasteiger partial charge on any atom is 0.271 e. The first kappa shape index (κ1) is 18.0. The summed E-state index contributed by atoms with van der Waals surface area (Å²) in [5.74, 6) is 0.679. The van der Waals surface area contributed by atoms with Crippen LogP contribution >= 0.6 is 15.9 Å². The van der Waals surface area contributed by atoms with Gasteiger partial charge in [-0.2, -0.15) is 4.31 Å². The van der Waals surface area contributed by atoms with Gasteiger partial charge in [0.15, 0.2) is 0 Å². The number of sulfonamides is 1. The molecule has 0 bridgehead atoms. The van der Waals surface area contributed by atoms with Gasteiger partial charge in [-0.25, -0.2) is 8.42 Å². The van der Waals surface area contributed by atoms with E-state index in [1.807, 2.05) is 7.05 Å². The van der Waals surface area contributed by atoms with Crippen molar-refractivity contribution in [1.82, 2.24) is 19.1 Å². The molecule has 1 atom stereocenters. The van der Waals surface area contributed by atoms with Crippen molar-refractivity contribution in [3.63, 3.8) is 0 Å². The second-order valence-corrected chi connectivity index (χ2v) is 8.76. The van der Waals surface area contributed by atoms with Gasteiger partial charge in [-0.3, -0.25) is 10.1 Å². The smallest absolute Gasteiger partial charge is 0.271 e. The van der Waals surface area contributed by atoms with Gasteiger partial charge in [0.1, 0.15) is 12.2 Å². The Labute approximate surface area is 153 Å². The fraction of sp³-hybridized carbons (Fsp3) is 0.429. The molecule has 1 aromatic carbocycles. The Morgan fingerprint density at radius 2 is 2.12 bits per heavy atom. The predicted octanol–water partition coefficient (Wildman–Crippen LogP) is 2.05. The van der Waals surface area contributed by atoms with E-state index in [9.17, 15) is 18.5 Å². The average molecular weight is 430 g/mol. The standard InChI is InChI=1S/C14H16BrN5O4S/c1-18-9-16-17-14(18)10-3-2-4-19(8-10)25(23,24)13-6-11(15)5-12(7-13)20(21)22/h5-7,9-10H,2-4,8H2,1H3. The molecular formula is C14H16BrN5O4S. The van der Waals surface area contributed by atoms with Crippen LogP contribution in [0.1, 0.15) is 24.6 Å². The third-order valence-electron chi connectivity index (χ3n) is 4.20. The molecule has 1 aliphatic heterocycles. The van der Waals surface area contributed by atoms with Crippen molar-refractivity contribution in [3.05, 3.63) is 44.9 Å². The number of rotatable bonds is 4. The highest BCUT2D eigenvalue weighted by Crippen LogP contribution is 2.31. The van der Waals surface area contributed by atoms with Crippen molar-refractivity contribution in [1.29, 1.82) is 0 Å². The van der Waals surface area contributed by atoms with Gasteiger partial charge in [-0.1, -0.05) is 15.9 Å². The second kappa shape index (κ2) is 6.81. The van der Waals surface area contributed by atoms with Crippen LogP contribution in [0.3, 0.4) is 0 Å².